The van der Waals surface area contributed by atoms with Crippen molar-refractivity contribution in [2.75, 3.05) is 23.9 Å². The number of carbonyl (C=O) groups is 3. The molecule has 0 spiro atoms. The minimum Gasteiger partial charge on any atom is -0.481 e. The van der Waals surface area contributed by atoms with Gasteiger partial charge in [-0.05, 0) is 12.1 Å². The number of thiophene rings is 1. The fraction of sp³-hybridized carbons (Fsp3) is 0.133. The molecule has 0 atom stereocenters. The second-order valence-corrected chi connectivity index (χ2v) is 6.77. The molecule has 7 nitrogen and oxygen atoms in total. The van der Waals surface area contributed by atoms with Crippen LogP contribution < -0.4 is 11.1 Å². The number of anilines is 2. The van der Waals surface area contributed by atoms with Crippen molar-refractivity contribution in [1.82, 2.24) is 0 Å². The van der Waals surface area contributed by atoms with Crippen molar-refractivity contribution in [3.8, 4) is 0 Å². The quantitative estimate of drug-likeness (QED) is 0.531. The van der Waals surface area contributed by atoms with Gasteiger partial charge in [0.1, 0.15) is 4.88 Å². The summed E-state index contributed by atoms with van der Waals surface area (Å²) in [6, 6.07) is 8.46. The second-order valence-electron chi connectivity index (χ2n) is 4.50. The summed E-state index contributed by atoms with van der Waals surface area (Å²) < 4.78 is 5.08. The number of benzene rings is 1. The van der Waals surface area contributed by atoms with Gasteiger partial charge in [0.05, 0.1) is 28.4 Å². The van der Waals surface area contributed by atoms with Gasteiger partial charge in [0, 0.05) is 5.56 Å². The molecule has 0 radical (unpaired) electrons. The number of nitrogens with two attached hydrogens (primary N) is 1. The van der Waals surface area contributed by atoms with Gasteiger partial charge in [0.2, 0.25) is 0 Å². The Labute approximate surface area is 145 Å². The number of nitrogens with one attached hydrogen (secondary N) is 1. The zero-order valence-electron chi connectivity index (χ0n) is 12.6. The number of nitrogen functional groups attached to an aromatic ring is 1. The summed E-state index contributed by atoms with van der Waals surface area (Å²) in [4.78, 5) is 35.0. The molecule has 24 heavy (non-hydrogen) atoms. The maximum atomic E-state index is 12.3. The fourth-order valence-corrected chi connectivity index (χ4v) is 3.84. The smallest absolute Gasteiger partial charge is 0.350 e. The zero-order valence-corrected chi connectivity index (χ0v) is 14.2. The molecule has 0 saturated carbocycles. The standard InChI is InChI=1S/C15H14N2O5S2/c1-22-14(21)12-10(16)11(15(24-12)23-7-9(18)19)17-13(20)8-5-3-2-4-6-8/h2-6H,7,16H2,1H3,(H,17,20)(H,18,19). The largest absolute Gasteiger partial charge is 0.481 e. The van der Waals surface area contributed by atoms with E-state index in [1.54, 1.807) is 30.3 Å². The van der Waals surface area contributed by atoms with E-state index in [2.05, 4.69) is 10.1 Å². The molecule has 1 heterocycles. The first-order valence-electron chi connectivity index (χ1n) is 6.65. The number of hydrogen-bond donors (Lipinski definition) is 3. The molecule has 0 aliphatic rings. The SMILES string of the molecule is COC(=O)c1sc(SCC(=O)O)c(NC(=O)c2ccccc2)c1N. The lowest BCUT2D eigenvalue weighted by Crippen LogP contribution is -2.13. The summed E-state index contributed by atoms with van der Waals surface area (Å²) in [5.74, 6) is -2.30. The minimum absolute atomic E-state index is 0.0593. The van der Waals surface area contributed by atoms with Gasteiger partial charge in [-0.3, -0.25) is 9.59 Å². The molecule has 0 aliphatic carbocycles. The van der Waals surface area contributed by atoms with Crippen LogP contribution in [0.5, 0.6) is 0 Å². The van der Waals surface area contributed by atoms with Gasteiger partial charge < -0.3 is 20.9 Å². The monoisotopic (exact) mass is 366 g/mol. The number of amides is 1. The molecule has 9 heteroatoms. The predicted molar refractivity (Wildman–Crippen MR) is 92.8 cm³/mol. The summed E-state index contributed by atoms with van der Waals surface area (Å²) in [6.45, 7) is 0. The molecule has 1 aromatic heterocycles. The van der Waals surface area contributed by atoms with Crippen molar-refractivity contribution in [1.29, 1.82) is 0 Å². The van der Waals surface area contributed by atoms with Crippen LogP contribution in [-0.4, -0.2) is 35.8 Å². The highest BCUT2D eigenvalue weighted by Gasteiger charge is 2.24. The Hall–Kier alpha value is -2.52. The third kappa shape index (κ3) is 4.06. The molecule has 4 N–H and O–H groups in total. The number of aliphatic carboxylic acids is 1. The average Bonchev–Trinajstić information content (AvgIpc) is 2.89. The highest BCUT2D eigenvalue weighted by Crippen LogP contribution is 2.43. The van der Waals surface area contributed by atoms with Crippen LogP contribution in [-0.2, 0) is 9.53 Å². The lowest BCUT2D eigenvalue weighted by atomic mass is 10.2. The Bertz CT molecular complexity index is 774. The maximum absolute atomic E-state index is 12.3. The van der Waals surface area contributed by atoms with E-state index in [0.29, 0.717) is 9.77 Å². The molecular weight excluding hydrogens is 352 g/mol. The van der Waals surface area contributed by atoms with Crippen LogP contribution in [0, 0.1) is 0 Å². The van der Waals surface area contributed by atoms with Crippen LogP contribution in [0.4, 0.5) is 11.4 Å². The minimum atomic E-state index is -1.02. The molecule has 1 aromatic carbocycles. The van der Waals surface area contributed by atoms with E-state index in [4.69, 9.17) is 10.8 Å². The molecule has 0 bridgehead atoms. The normalized spacial score (nSPS) is 10.2. The molecule has 0 saturated heterocycles. The number of ether oxygens (including phenoxy) is 1. The predicted octanol–water partition coefficient (Wildman–Crippen LogP) is 2.55. The van der Waals surface area contributed by atoms with Crippen LogP contribution in [0.25, 0.3) is 0 Å². The van der Waals surface area contributed by atoms with Gasteiger partial charge in [-0.2, -0.15) is 0 Å². The van der Waals surface area contributed by atoms with Crippen molar-refractivity contribution in [2.24, 2.45) is 0 Å². The van der Waals surface area contributed by atoms with Crippen LogP contribution in [0.2, 0.25) is 0 Å². The molecule has 0 unspecified atom stereocenters. The Morgan fingerprint density at radius 2 is 1.96 bits per heavy atom. The summed E-state index contributed by atoms with van der Waals surface area (Å²) in [5, 5.41) is 11.5. The first-order valence-corrected chi connectivity index (χ1v) is 8.45. The molecule has 0 fully saturated rings. The van der Waals surface area contributed by atoms with Crippen molar-refractivity contribution < 1.29 is 24.2 Å². The molecule has 1 amide bonds. The van der Waals surface area contributed by atoms with Gasteiger partial charge in [-0.25, -0.2) is 4.79 Å². The highest BCUT2D eigenvalue weighted by molar-refractivity contribution is 8.02. The fourth-order valence-electron chi connectivity index (χ4n) is 1.79. The maximum Gasteiger partial charge on any atom is 0.350 e. The lowest BCUT2D eigenvalue weighted by Gasteiger charge is -2.07. The third-order valence-electron chi connectivity index (χ3n) is 2.88. The van der Waals surface area contributed by atoms with E-state index < -0.39 is 17.8 Å². The number of thioether (sulfide) groups is 1. The number of carbonyl (C=O) groups excluding carboxylic acids is 2. The van der Waals surface area contributed by atoms with Crippen LogP contribution in [0.15, 0.2) is 34.5 Å². The van der Waals surface area contributed by atoms with Gasteiger partial charge in [-0.1, -0.05) is 18.2 Å². The molecule has 2 aromatic rings. The Kier molecular flexibility index (Phi) is 5.83. The average molecular weight is 366 g/mol. The number of carboxylic acids is 1. The number of carboxylic acid groups (broad SMARTS) is 1. The van der Waals surface area contributed by atoms with E-state index in [-0.39, 0.29) is 22.0 Å². The van der Waals surface area contributed by atoms with Gasteiger partial charge >= 0.3 is 11.9 Å². The first-order chi connectivity index (χ1) is 11.4. The van der Waals surface area contributed by atoms with E-state index in [1.807, 2.05) is 0 Å². The second kappa shape index (κ2) is 7.84. The highest BCUT2D eigenvalue weighted by atomic mass is 32.2. The Morgan fingerprint density at radius 3 is 2.54 bits per heavy atom. The number of methoxy groups -OCH3 is 1. The number of esters is 1. The van der Waals surface area contributed by atoms with Crippen LogP contribution in [0.1, 0.15) is 20.0 Å². The summed E-state index contributed by atoms with van der Waals surface area (Å²) in [5.41, 5.74) is 6.64. The van der Waals surface area contributed by atoms with Crippen LogP contribution in [0.3, 0.4) is 0 Å². The van der Waals surface area contributed by atoms with E-state index in [0.717, 1.165) is 23.1 Å². The van der Waals surface area contributed by atoms with Crippen molar-refractivity contribution in [3.63, 3.8) is 0 Å². The van der Waals surface area contributed by atoms with E-state index in [1.165, 1.54) is 7.11 Å². The molecule has 0 aliphatic heterocycles. The van der Waals surface area contributed by atoms with Crippen molar-refractivity contribution >= 4 is 52.3 Å². The summed E-state index contributed by atoms with van der Waals surface area (Å²) in [7, 11) is 1.22. The lowest BCUT2D eigenvalue weighted by molar-refractivity contribution is -0.133. The van der Waals surface area contributed by atoms with Crippen molar-refractivity contribution in [2.45, 2.75) is 4.21 Å². The van der Waals surface area contributed by atoms with E-state index in [9.17, 15) is 14.4 Å². The first kappa shape index (κ1) is 17.8. The number of hydrogen-bond acceptors (Lipinski definition) is 7. The third-order valence-corrected chi connectivity index (χ3v) is 5.33. The number of rotatable bonds is 6. The van der Waals surface area contributed by atoms with Crippen LogP contribution >= 0.6 is 23.1 Å². The summed E-state index contributed by atoms with van der Waals surface area (Å²) in [6.07, 6.45) is 0. The molecule has 2 rings (SSSR count). The molecule has 126 valence electrons. The Balaban J connectivity index is 2.35. The van der Waals surface area contributed by atoms with Gasteiger partial charge in [0.15, 0.2) is 0 Å². The topological polar surface area (TPSA) is 119 Å². The Morgan fingerprint density at radius 1 is 1.29 bits per heavy atom. The van der Waals surface area contributed by atoms with E-state index >= 15 is 0 Å². The van der Waals surface area contributed by atoms with Gasteiger partial charge in [0.25, 0.3) is 5.91 Å². The zero-order chi connectivity index (χ0) is 17.7. The van der Waals surface area contributed by atoms with Gasteiger partial charge in [-0.15, -0.1) is 23.1 Å². The summed E-state index contributed by atoms with van der Waals surface area (Å²) >= 11 is 1.96. The van der Waals surface area contributed by atoms with Crippen molar-refractivity contribution in [3.05, 3.63) is 40.8 Å². The molecular formula is C15H14N2O5S2.